The van der Waals surface area contributed by atoms with Gasteiger partial charge < -0.3 is 5.32 Å². The van der Waals surface area contributed by atoms with Gasteiger partial charge in [-0.1, -0.05) is 17.7 Å². The van der Waals surface area contributed by atoms with E-state index in [2.05, 4.69) is 15.4 Å². The van der Waals surface area contributed by atoms with Gasteiger partial charge in [0, 0.05) is 29.0 Å². The fourth-order valence-corrected chi connectivity index (χ4v) is 3.18. The summed E-state index contributed by atoms with van der Waals surface area (Å²) in [4.78, 5) is 16.7. The van der Waals surface area contributed by atoms with Gasteiger partial charge in [-0.25, -0.2) is 9.07 Å². The van der Waals surface area contributed by atoms with Crippen LogP contribution in [-0.4, -0.2) is 20.7 Å². The largest absolute Gasteiger partial charge is 0.352 e. The Hall–Kier alpha value is -2.73. The van der Waals surface area contributed by atoms with Crippen molar-refractivity contribution in [3.8, 4) is 5.69 Å². The van der Waals surface area contributed by atoms with Gasteiger partial charge in [0.2, 0.25) is 5.91 Å². The zero-order valence-electron chi connectivity index (χ0n) is 15.4. The van der Waals surface area contributed by atoms with E-state index in [9.17, 15) is 9.18 Å². The van der Waals surface area contributed by atoms with E-state index in [1.165, 1.54) is 12.1 Å². The Morgan fingerprint density at radius 3 is 2.70 bits per heavy atom. The Bertz CT molecular complexity index is 1000. The standard InChI is InChI=1S/C20H20ClFN4O/c1-12-17(14(3)26(25-12)19-5-4-8-23-13(19)2)10-20(27)24-11-15-6-7-16(22)9-18(15)21/h4-9H,10-11H2,1-3H3,(H,24,27). The van der Waals surface area contributed by atoms with Crippen molar-refractivity contribution in [1.29, 1.82) is 0 Å². The summed E-state index contributed by atoms with van der Waals surface area (Å²) in [7, 11) is 0. The predicted octanol–water partition coefficient (Wildman–Crippen LogP) is 3.84. The first-order valence-corrected chi connectivity index (χ1v) is 8.92. The van der Waals surface area contributed by atoms with Crippen LogP contribution in [0.15, 0.2) is 36.5 Å². The van der Waals surface area contributed by atoms with Gasteiger partial charge >= 0.3 is 0 Å². The van der Waals surface area contributed by atoms with E-state index in [-0.39, 0.29) is 18.9 Å². The van der Waals surface area contributed by atoms with Crippen LogP contribution in [0.1, 0.15) is 28.2 Å². The smallest absolute Gasteiger partial charge is 0.224 e. The van der Waals surface area contributed by atoms with Crippen LogP contribution in [0.25, 0.3) is 5.69 Å². The molecule has 1 aromatic carbocycles. The Morgan fingerprint density at radius 1 is 1.22 bits per heavy atom. The highest BCUT2D eigenvalue weighted by Crippen LogP contribution is 2.20. The second kappa shape index (κ2) is 7.88. The monoisotopic (exact) mass is 386 g/mol. The number of hydrogen-bond acceptors (Lipinski definition) is 3. The molecule has 0 fully saturated rings. The lowest BCUT2D eigenvalue weighted by atomic mass is 10.1. The number of nitrogens with zero attached hydrogens (tertiary/aromatic N) is 3. The van der Waals surface area contributed by atoms with E-state index >= 15 is 0 Å². The third kappa shape index (κ3) is 4.17. The number of aryl methyl sites for hydroxylation is 2. The lowest BCUT2D eigenvalue weighted by Gasteiger charge is -2.09. The van der Waals surface area contributed by atoms with Gasteiger partial charge in [0.15, 0.2) is 0 Å². The maximum atomic E-state index is 13.1. The number of rotatable bonds is 5. The molecule has 0 bridgehead atoms. The lowest BCUT2D eigenvalue weighted by Crippen LogP contribution is -2.25. The first-order valence-electron chi connectivity index (χ1n) is 8.54. The van der Waals surface area contributed by atoms with E-state index in [1.807, 2.05) is 37.6 Å². The van der Waals surface area contributed by atoms with Gasteiger partial charge in [-0.3, -0.25) is 9.78 Å². The van der Waals surface area contributed by atoms with Crippen LogP contribution in [0.4, 0.5) is 4.39 Å². The average Bonchev–Trinajstić information content (AvgIpc) is 2.89. The minimum atomic E-state index is -0.403. The van der Waals surface area contributed by atoms with Crippen LogP contribution < -0.4 is 5.32 Å². The zero-order valence-corrected chi connectivity index (χ0v) is 16.1. The molecule has 0 saturated heterocycles. The van der Waals surface area contributed by atoms with Gasteiger partial charge in [-0.15, -0.1) is 0 Å². The molecule has 0 radical (unpaired) electrons. The van der Waals surface area contributed by atoms with E-state index < -0.39 is 5.82 Å². The van der Waals surface area contributed by atoms with Crippen LogP contribution in [-0.2, 0) is 17.8 Å². The highest BCUT2D eigenvalue weighted by Gasteiger charge is 2.17. The molecule has 0 aliphatic rings. The minimum Gasteiger partial charge on any atom is -0.352 e. The van der Waals surface area contributed by atoms with Crippen molar-refractivity contribution < 1.29 is 9.18 Å². The molecule has 0 saturated carbocycles. The topological polar surface area (TPSA) is 59.8 Å². The Labute approximate surface area is 162 Å². The molecule has 0 aliphatic heterocycles. The summed E-state index contributed by atoms with van der Waals surface area (Å²) in [5, 5.41) is 7.69. The van der Waals surface area contributed by atoms with E-state index in [1.54, 1.807) is 12.3 Å². The number of carbonyl (C=O) groups excluding carboxylic acids is 1. The molecule has 2 aromatic heterocycles. The molecule has 0 aliphatic carbocycles. The third-order valence-electron chi connectivity index (χ3n) is 4.48. The molecule has 3 rings (SSSR count). The molecular formula is C20H20ClFN4O. The minimum absolute atomic E-state index is 0.149. The molecule has 2 heterocycles. The lowest BCUT2D eigenvalue weighted by molar-refractivity contribution is -0.120. The van der Waals surface area contributed by atoms with Crippen molar-refractivity contribution in [3.63, 3.8) is 0 Å². The SMILES string of the molecule is Cc1ncccc1-n1nc(C)c(CC(=O)NCc2ccc(F)cc2Cl)c1C. The molecule has 0 spiro atoms. The Kier molecular flexibility index (Phi) is 5.56. The van der Waals surface area contributed by atoms with E-state index in [0.717, 1.165) is 28.3 Å². The second-order valence-corrected chi connectivity index (χ2v) is 6.77. The molecule has 5 nitrogen and oxygen atoms in total. The predicted molar refractivity (Wildman–Crippen MR) is 103 cm³/mol. The maximum absolute atomic E-state index is 13.1. The highest BCUT2D eigenvalue weighted by atomic mass is 35.5. The Balaban J connectivity index is 1.74. The zero-order chi connectivity index (χ0) is 19.6. The van der Waals surface area contributed by atoms with Gasteiger partial charge in [0.1, 0.15) is 5.82 Å². The fourth-order valence-electron chi connectivity index (χ4n) is 2.95. The van der Waals surface area contributed by atoms with Crippen molar-refractivity contribution >= 4 is 17.5 Å². The van der Waals surface area contributed by atoms with Gasteiger partial charge in [-0.2, -0.15) is 5.10 Å². The highest BCUT2D eigenvalue weighted by molar-refractivity contribution is 6.31. The molecule has 0 unspecified atom stereocenters. The summed E-state index contributed by atoms with van der Waals surface area (Å²) in [6.45, 7) is 5.98. The summed E-state index contributed by atoms with van der Waals surface area (Å²) in [6, 6.07) is 7.93. The van der Waals surface area contributed by atoms with Crippen molar-refractivity contribution in [1.82, 2.24) is 20.1 Å². The quantitative estimate of drug-likeness (QED) is 0.724. The second-order valence-electron chi connectivity index (χ2n) is 6.36. The number of benzene rings is 1. The van der Waals surface area contributed by atoms with Crippen LogP contribution in [0.2, 0.25) is 5.02 Å². The molecule has 3 aromatic rings. The van der Waals surface area contributed by atoms with Crippen molar-refractivity contribution in [2.24, 2.45) is 0 Å². The molecular weight excluding hydrogens is 367 g/mol. The van der Waals surface area contributed by atoms with Crippen LogP contribution in [0.3, 0.4) is 0 Å². The average molecular weight is 387 g/mol. The fraction of sp³-hybridized carbons (Fsp3) is 0.250. The number of carbonyl (C=O) groups is 1. The summed E-state index contributed by atoms with van der Waals surface area (Å²) >= 11 is 6.00. The van der Waals surface area contributed by atoms with E-state index in [4.69, 9.17) is 11.6 Å². The first kappa shape index (κ1) is 19.0. The molecule has 1 N–H and O–H groups in total. The molecule has 7 heteroatoms. The van der Waals surface area contributed by atoms with E-state index in [0.29, 0.717) is 10.6 Å². The van der Waals surface area contributed by atoms with Crippen molar-refractivity contribution in [3.05, 3.63) is 75.6 Å². The van der Waals surface area contributed by atoms with Crippen molar-refractivity contribution in [2.75, 3.05) is 0 Å². The maximum Gasteiger partial charge on any atom is 0.224 e. The van der Waals surface area contributed by atoms with Gasteiger partial charge in [-0.05, 0) is 50.6 Å². The molecule has 1 amide bonds. The van der Waals surface area contributed by atoms with Crippen molar-refractivity contribution in [2.45, 2.75) is 33.7 Å². The summed E-state index contributed by atoms with van der Waals surface area (Å²) in [6.07, 6.45) is 1.94. The normalized spacial score (nSPS) is 10.9. The van der Waals surface area contributed by atoms with Crippen LogP contribution in [0, 0.1) is 26.6 Å². The molecule has 0 atom stereocenters. The van der Waals surface area contributed by atoms with Crippen LogP contribution >= 0.6 is 11.6 Å². The van der Waals surface area contributed by atoms with Crippen LogP contribution in [0.5, 0.6) is 0 Å². The number of amides is 1. The number of aromatic nitrogens is 3. The summed E-state index contributed by atoms with van der Waals surface area (Å²) in [5.74, 6) is -0.552. The van der Waals surface area contributed by atoms with Gasteiger partial charge in [0.05, 0.1) is 23.5 Å². The third-order valence-corrected chi connectivity index (χ3v) is 4.83. The number of hydrogen-bond donors (Lipinski definition) is 1. The molecule has 140 valence electrons. The Morgan fingerprint density at radius 2 is 2.00 bits per heavy atom. The number of nitrogens with one attached hydrogen (secondary N) is 1. The number of halogens is 2. The molecule has 27 heavy (non-hydrogen) atoms. The first-order chi connectivity index (χ1) is 12.9. The van der Waals surface area contributed by atoms with Gasteiger partial charge in [0.25, 0.3) is 0 Å². The number of pyridine rings is 1. The summed E-state index contributed by atoms with van der Waals surface area (Å²) < 4.78 is 14.9. The summed E-state index contributed by atoms with van der Waals surface area (Å²) in [5.41, 5.74) is 5.00.